The van der Waals surface area contributed by atoms with Crippen molar-refractivity contribution in [1.82, 2.24) is 14.4 Å². The standard InChI is InChI=1S/C16H17F6N3O3S/c1-2-8-25(29(26,27)9-7-15(17,18)19)10-11-3-5-12(6-4-11)13-23-14(28-24-13)16(20,21)22/h3-6H,2,7-10H2,1H3. The molecule has 0 unspecified atom stereocenters. The fraction of sp³-hybridized carbons (Fsp3) is 0.500. The number of benzene rings is 1. The van der Waals surface area contributed by atoms with Crippen LogP contribution in [0.3, 0.4) is 0 Å². The van der Waals surface area contributed by atoms with E-state index >= 15 is 0 Å². The van der Waals surface area contributed by atoms with Crippen molar-refractivity contribution in [3.05, 3.63) is 35.7 Å². The Kier molecular flexibility index (Phi) is 6.93. The molecule has 1 aromatic heterocycles. The zero-order valence-corrected chi connectivity index (χ0v) is 15.9. The van der Waals surface area contributed by atoms with E-state index in [-0.39, 0.29) is 24.5 Å². The lowest BCUT2D eigenvalue weighted by Gasteiger charge is -2.22. The Hall–Kier alpha value is -2.15. The summed E-state index contributed by atoms with van der Waals surface area (Å²) in [6.45, 7) is 1.54. The van der Waals surface area contributed by atoms with Crippen LogP contribution in [0.2, 0.25) is 0 Å². The van der Waals surface area contributed by atoms with Gasteiger partial charge in [-0.2, -0.15) is 35.6 Å². The number of sulfonamides is 1. The van der Waals surface area contributed by atoms with Crippen molar-refractivity contribution in [2.45, 2.75) is 38.7 Å². The molecule has 1 aromatic carbocycles. The van der Waals surface area contributed by atoms with E-state index in [0.29, 0.717) is 12.0 Å². The van der Waals surface area contributed by atoms with Gasteiger partial charge in [-0.25, -0.2) is 8.42 Å². The Morgan fingerprint density at radius 3 is 2.17 bits per heavy atom. The van der Waals surface area contributed by atoms with Crippen molar-refractivity contribution in [1.29, 1.82) is 0 Å². The summed E-state index contributed by atoms with van der Waals surface area (Å²) < 4.78 is 104. The van der Waals surface area contributed by atoms with Crippen molar-refractivity contribution < 1.29 is 39.3 Å². The van der Waals surface area contributed by atoms with Crippen LogP contribution < -0.4 is 0 Å². The van der Waals surface area contributed by atoms with Crippen molar-refractivity contribution in [2.24, 2.45) is 0 Å². The fourth-order valence-electron chi connectivity index (χ4n) is 2.36. The van der Waals surface area contributed by atoms with Gasteiger partial charge >= 0.3 is 18.2 Å². The molecule has 0 fully saturated rings. The maximum atomic E-state index is 12.5. The number of aromatic nitrogens is 2. The normalized spacial score (nSPS) is 13.2. The topological polar surface area (TPSA) is 76.3 Å². The lowest BCUT2D eigenvalue weighted by molar-refractivity contribution is -0.159. The van der Waals surface area contributed by atoms with E-state index in [1.807, 2.05) is 0 Å². The summed E-state index contributed by atoms with van der Waals surface area (Å²) in [5.74, 6) is -2.86. The maximum Gasteiger partial charge on any atom is 0.471 e. The summed E-state index contributed by atoms with van der Waals surface area (Å²) in [4.78, 5) is 3.24. The van der Waals surface area contributed by atoms with Crippen LogP contribution >= 0.6 is 0 Å². The molecule has 0 saturated carbocycles. The zero-order valence-electron chi connectivity index (χ0n) is 15.1. The van der Waals surface area contributed by atoms with Gasteiger partial charge in [0.2, 0.25) is 15.8 Å². The van der Waals surface area contributed by atoms with Gasteiger partial charge in [0.15, 0.2) is 0 Å². The summed E-state index contributed by atoms with van der Waals surface area (Å²) in [6.07, 6.45) is -10.4. The average Bonchev–Trinajstić information content (AvgIpc) is 3.10. The number of rotatable bonds is 8. The fourth-order valence-corrected chi connectivity index (χ4v) is 3.91. The third-order valence-corrected chi connectivity index (χ3v) is 5.57. The molecule has 29 heavy (non-hydrogen) atoms. The molecule has 0 saturated heterocycles. The average molecular weight is 445 g/mol. The van der Waals surface area contributed by atoms with Gasteiger partial charge in [0.1, 0.15) is 0 Å². The van der Waals surface area contributed by atoms with Gasteiger partial charge in [-0.15, -0.1) is 0 Å². The lowest BCUT2D eigenvalue weighted by Crippen LogP contribution is -2.34. The third kappa shape index (κ3) is 6.70. The van der Waals surface area contributed by atoms with Gasteiger partial charge < -0.3 is 4.52 Å². The van der Waals surface area contributed by atoms with Crippen LogP contribution in [0.15, 0.2) is 28.8 Å². The summed E-state index contributed by atoms with van der Waals surface area (Å²) in [7, 11) is -4.14. The number of alkyl halides is 6. The number of halogens is 6. The maximum absolute atomic E-state index is 12.5. The van der Waals surface area contributed by atoms with E-state index in [1.54, 1.807) is 6.92 Å². The summed E-state index contributed by atoms with van der Waals surface area (Å²) in [6, 6.07) is 5.60. The Labute approximate surface area is 162 Å². The van der Waals surface area contributed by atoms with Crippen LogP contribution in [0.5, 0.6) is 0 Å². The molecule has 162 valence electrons. The van der Waals surface area contributed by atoms with Crippen molar-refractivity contribution >= 4 is 10.0 Å². The second-order valence-electron chi connectivity index (χ2n) is 6.13. The molecule has 13 heteroatoms. The Morgan fingerprint density at radius 2 is 1.69 bits per heavy atom. The van der Waals surface area contributed by atoms with E-state index in [2.05, 4.69) is 14.7 Å². The molecule has 0 spiro atoms. The Bertz CT molecular complexity index is 907. The minimum absolute atomic E-state index is 0.0295. The highest BCUT2D eigenvalue weighted by atomic mass is 32.2. The summed E-state index contributed by atoms with van der Waals surface area (Å²) in [5.41, 5.74) is 0.646. The van der Waals surface area contributed by atoms with Crippen LogP contribution in [0.1, 0.15) is 31.2 Å². The molecule has 0 aliphatic rings. The molecule has 0 bridgehead atoms. The predicted octanol–water partition coefficient (Wildman–Crippen LogP) is 4.25. The molecule has 0 radical (unpaired) electrons. The van der Waals surface area contributed by atoms with Crippen LogP contribution in [0.25, 0.3) is 11.4 Å². The summed E-state index contributed by atoms with van der Waals surface area (Å²) >= 11 is 0. The molecule has 0 amide bonds. The number of hydrogen-bond acceptors (Lipinski definition) is 5. The lowest BCUT2D eigenvalue weighted by atomic mass is 10.1. The van der Waals surface area contributed by atoms with Crippen LogP contribution in [-0.4, -0.2) is 41.3 Å². The van der Waals surface area contributed by atoms with Crippen molar-refractivity contribution in [2.75, 3.05) is 12.3 Å². The smallest absolute Gasteiger partial charge is 0.329 e. The highest BCUT2D eigenvalue weighted by molar-refractivity contribution is 7.89. The third-order valence-electron chi connectivity index (χ3n) is 3.75. The Morgan fingerprint density at radius 1 is 1.07 bits per heavy atom. The van der Waals surface area contributed by atoms with Gasteiger partial charge in [0.05, 0.1) is 12.2 Å². The SMILES string of the molecule is CCCN(Cc1ccc(-c2noc(C(F)(F)F)n2)cc1)S(=O)(=O)CCC(F)(F)F. The van der Waals surface area contributed by atoms with Gasteiger partial charge in [-0.05, 0) is 12.0 Å². The number of nitrogens with zero attached hydrogens (tertiary/aromatic N) is 3. The van der Waals surface area contributed by atoms with Gasteiger partial charge in [0.25, 0.3) is 0 Å². The first kappa shape index (κ1) is 23.1. The minimum Gasteiger partial charge on any atom is -0.329 e. The molecule has 2 aromatic rings. The monoisotopic (exact) mass is 445 g/mol. The molecule has 0 aliphatic heterocycles. The quantitative estimate of drug-likeness (QED) is 0.568. The molecule has 0 N–H and O–H groups in total. The molecular formula is C16H17F6N3O3S. The molecule has 0 atom stereocenters. The first-order chi connectivity index (χ1) is 13.3. The summed E-state index contributed by atoms with van der Waals surface area (Å²) in [5, 5.41) is 3.24. The Balaban J connectivity index is 2.14. The molecular weight excluding hydrogens is 428 g/mol. The first-order valence-corrected chi connectivity index (χ1v) is 9.97. The zero-order chi connectivity index (χ0) is 21.9. The number of hydrogen-bond donors (Lipinski definition) is 0. The predicted molar refractivity (Wildman–Crippen MR) is 89.9 cm³/mol. The van der Waals surface area contributed by atoms with Crippen LogP contribution in [0, 0.1) is 0 Å². The largest absolute Gasteiger partial charge is 0.471 e. The van der Waals surface area contributed by atoms with E-state index in [4.69, 9.17) is 0 Å². The van der Waals surface area contributed by atoms with E-state index in [1.165, 1.54) is 24.3 Å². The molecule has 1 heterocycles. The van der Waals surface area contributed by atoms with Gasteiger partial charge in [-0.1, -0.05) is 36.3 Å². The van der Waals surface area contributed by atoms with E-state index in [9.17, 15) is 34.8 Å². The first-order valence-electron chi connectivity index (χ1n) is 8.36. The molecule has 6 nitrogen and oxygen atoms in total. The van der Waals surface area contributed by atoms with E-state index in [0.717, 1.165) is 4.31 Å². The van der Waals surface area contributed by atoms with Gasteiger partial charge in [0, 0.05) is 18.7 Å². The molecule has 0 aliphatic carbocycles. The van der Waals surface area contributed by atoms with Crippen molar-refractivity contribution in [3.63, 3.8) is 0 Å². The second-order valence-corrected chi connectivity index (χ2v) is 8.22. The van der Waals surface area contributed by atoms with Crippen LogP contribution in [0.4, 0.5) is 26.3 Å². The van der Waals surface area contributed by atoms with Crippen LogP contribution in [-0.2, 0) is 22.7 Å². The second kappa shape index (κ2) is 8.69. The molecule has 2 rings (SSSR count). The highest BCUT2D eigenvalue weighted by Crippen LogP contribution is 2.29. The van der Waals surface area contributed by atoms with Gasteiger partial charge in [-0.3, -0.25) is 0 Å². The minimum atomic E-state index is -4.78. The van der Waals surface area contributed by atoms with E-state index < -0.39 is 40.4 Å². The highest BCUT2D eigenvalue weighted by Gasteiger charge is 2.38. The van der Waals surface area contributed by atoms with Crippen molar-refractivity contribution in [3.8, 4) is 11.4 Å².